The molecular formula is C17H22ClNO2. The maximum atomic E-state index is 12.3. The van der Waals surface area contributed by atoms with Crippen LogP contribution in [-0.2, 0) is 11.2 Å². The Morgan fingerprint density at radius 2 is 2.10 bits per heavy atom. The van der Waals surface area contributed by atoms with E-state index in [4.69, 9.17) is 16.3 Å². The van der Waals surface area contributed by atoms with E-state index in [9.17, 15) is 4.79 Å². The second-order valence-electron chi connectivity index (χ2n) is 6.17. The highest BCUT2D eigenvalue weighted by Crippen LogP contribution is 2.32. The molecule has 4 heteroatoms. The third-order valence-corrected chi connectivity index (χ3v) is 5.20. The molecule has 0 aromatic heterocycles. The summed E-state index contributed by atoms with van der Waals surface area (Å²) in [5, 5.41) is 3.11. The number of hydrogen-bond donors (Lipinski definition) is 1. The van der Waals surface area contributed by atoms with Crippen molar-refractivity contribution in [2.75, 3.05) is 19.0 Å². The second kappa shape index (κ2) is 6.69. The molecule has 21 heavy (non-hydrogen) atoms. The second-order valence-corrected chi connectivity index (χ2v) is 6.48. The van der Waals surface area contributed by atoms with Gasteiger partial charge in [-0.2, -0.15) is 0 Å². The van der Waals surface area contributed by atoms with E-state index in [2.05, 4.69) is 5.32 Å². The standard InChI is InChI=1S/C17H22ClNO2/c18-9-13-5-3-6-14(13)10-19-17(20)15-8-12-4-1-2-7-16(12)21-11-15/h1-2,4,7,13-15H,3,5-6,8-11H2,(H,19,20). The molecule has 2 aliphatic rings. The Kier molecular flexibility index (Phi) is 4.69. The van der Waals surface area contributed by atoms with E-state index in [1.165, 1.54) is 19.3 Å². The largest absolute Gasteiger partial charge is 0.492 e. The van der Waals surface area contributed by atoms with Gasteiger partial charge in [0, 0.05) is 12.4 Å². The first-order valence-corrected chi connectivity index (χ1v) is 8.35. The number of carbonyl (C=O) groups excluding carboxylic acids is 1. The molecule has 1 fully saturated rings. The van der Waals surface area contributed by atoms with Gasteiger partial charge in [-0.1, -0.05) is 24.6 Å². The number of para-hydroxylation sites is 1. The lowest BCUT2D eigenvalue weighted by Crippen LogP contribution is -2.40. The van der Waals surface area contributed by atoms with Crippen molar-refractivity contribution >= 4 is 17.5 Å². The van der Waals surface area contributed by atoms with Gasteiger partial charge in [0.25, 0.3) is 0 Å². The summed E-state index contributed by atoms with van der Waals surface area (Å²) in [6, 6.07) is 7.96. The van der Waals surface area contributed by atoms with E-state index in [-0.39, 0.29) is 11.8 Å². The summed E-state index contributed by atoms with van der Waals surface area (Å²) < 4.78 is 5.69. The number of hydrogen-bond acceptors (Lipinski definition) is 2. The molecule has 1 amide bonds. The predicted molar refractivity (Wildman–Crippen MR) is 83.7 cm³/mol. The lowest BCUT2D eigenvalue weighted by molar-refractivity contribution is -0.126. The summed E-state index contributed by atoms with van der Waals surface area (Å²) >= 11 is 5.99. The molecule has 114 valence electrons. The van der Waals surface area contributed by atoms with E-state index >= 15 is 0 Å². The topological polar surface area (TPSA) is 38.3 Å². The van der Waals surface area contributed by atoms with E-state index in [0.29, 0.717) is 24.3 Å². The molecule has 1 N–H and O–H groups in total. The third-order valence-electron chi connectivity index (χ3n) is 4.80. The third kappa shape index (κ3) is 3.34. The Bertz CT molecular complexity index is 505. The molecular weight excluding hydrogens is 286 g/mol. The molecule has 0 radical (unpaired) electrons. The highest BCUT2D eigenvalue weighted by molar-refractivity contribution is 6.18. The lowest BCUT2D eigenvalue weighted by atomic mass is 9.94. The van der Waals surface area contributed by atoms with Crippen LogP contribution < -0.4 is 10.1 Å². The SMILES string of the molecule is O=C(NCC1CCCC1CCl)C1COc2ccccc2C1. The van der Waals surface area contributed by atoms with Gasteiger partial charge in [0.15, 0.2) is 0 Å². The minimum Gasteiger partial charge on any atom is -0.492 e. The van der Waals surface area contributed by atoms with Crippen molar-refractivity contribution in [2.24, 2.45) is 17.8 Å². The fourth-order valence-corrected chi connectivity index (χ4v) is 3.86. The average Bonchev–Trinajstić information content (AvgIpc) is 2.99. The first-order valence-electron chi connectivity index (χ1n) is 7.82. The Balaban J connectivity index is 1.52. The maximum absolute atomic E-state index is 12.3. The van der Waals surface area contributed by atoms with Crippen molar-refractivity contribution < 1.29 is 9.53 Å². The van der Waals surface area contributed by atoms with Crippen molar-refractivity contribution in [3.05, 3.63) is 29.8 Å². The van der Waals surface area contributed by atoms with Crippen LogP contribution in [0.5, 0.6) is 5.75 Å². The minimum atomic E-state index is -0.0734. The minimum absolute atomic E-state index is 0.0734. The molecule has 3 nitrogen and oxygen atoms in total. The quantitative estimate of drug-likeness (QED) is 0.868. The summed E-state index contributed by atoms with van der Waals surface area (Å²) in [5.41, 5.74) is 1.13. The number of rotatable bonds is 4. The molecule has 3 unspecified atom stereocenters. The van der Waals surface area contributed by atoms with Gasteiger partial charge in [0.1, 0.15) is 12.4 Å². The van der Waals surface area contributed by atoms with Gasteiger partial charge < -0.3 is 10.1 Å². The van der Waals surface area contributed by atoms with Crippen molar-refractivity contribution in [3.8, 4) is 5.75 Å². The van der Waals surface area contributed by atoms with Crippen LogP contribution in [0.3, 0.4) is 0 Å². The normalized spacial score (nSPS) is 27.8. The van der Waals surface area contributed by atoms with Crippen LogP contribution >= 0.6 is 11.6 Å². The predicted octanol–water partition coefficient (Wildman–Crippen LogP) is 3.01. The van der Waals surface area contributed by atoms with Crippen LogP contribution in [0.1, 0.15) is 24.8 Å². The van der Waals surface area contributed by atoms with E-state index in [1.54, 1.807) is 0 Å². The Labute approximate surface area is 131 Å². The van der Waals surface area contributed by atoms with Gasteiger partial charge in [-0.15, -0.1) is 11.6 Å². The van der Waals surface area contributed by atoms with Crippen LogP contribution in [-0.4, -0.2) is 24.9 Å². The zero-order valence-electron chi connectivity index (χ0n) is 12.2. The van der Waals surface area contributed by atoms with Crippen LogP contribution in [0.25, 0.3) is 0 Å². The molecule has 0 saturated heterocycles. The van der Waals surface area contributed by atoms with Gasteiger partial charge in [-0.05, 0) is 42.7 Å². The zero-order valence-corrected chi connectivity index (χ0v) is 12.9. The van der Waals surface area contributed by atoms with Gasteiger partial charge in [0.2, 0.25) is 5.91 Å². The van der Waals surface area contributed by atoms with Crippen LogP contribution in [0.2, 0.25) is 0 Å². The molecule has 3 atom stereocenters. The van der Waals surface area contributed by atoms with E-state index in [0.717, 1.165) is 24.3 Å². The molecule has 1 heterocycles. The van der Waals surface area contributed by atoms with Crippen molar-refractivity contribution in [2.45, 2.75) is 25.7 Å². The summed E-state index contributed by atoms with van der Waals surface area (Å²) in [6.07, 6.45) is 4.38. The first kappa shape index (κ1) is 14.7. The lowest BCUT2D eigenvalue weighted by Gasteiger charge is -2.25. The number of amides is 1. The summed E-state index contributed by atoms with van der Waals surface area (Å²) in [4.78, 5) is 12.3. The number of carbonyl (C=O) groups is 1. The van der Waals surface area contributed by atoms with Crippen LogP contribution in [0, 0.1) is 17.8 Å². The number of halogens is 1. The molecule has 1 aromatic rings. The Morgan fingerprint density at radius 3 is 2.95 bits per heavy atom. The van der Waals surface area contributed by atoms with Crippen molar-refractivity contribution in [3.63, 3.8) is 0 Å². The number of ether oxygens (including phenoxy) is 1. The zero-order chi connectivity index (χ0) is 14.7. The van der Waals surface area contributed by atoms with Gasteiger partial charge in [-0.3, -0.25) is 4.79 Å². The Hall–Kier alpha value is -1.22. The number of benzene rings is 1. The highest BCUT2D eigenvalue weighted by atomic mass is 35.5. The summed E-state index contributed by atoms with van der Waals surface area (Å²) in [6.45, 7) is 1.24. The van der Waals surface area contributed by atoms with Crippen LogP contribution in [0.15, 0.2) is 24.3 Å². The average molecular weight is 308 g/mol. The first-order chi connectivity index (χ1) is 10.3. The summed E-state index contributed by atoms with van der Waals surface area (Å²) in [7, 11) is 0. The number of alkyl halides is 1. The Morgan fingerprint density at radius 1 is 1.29 bits per heavy atom. The number of fused-ring (bicyclic) bond motifs is 1. The van der Waals surface area contributed by atoms with Crippen molar-refractivity contribution in [1.29, 1.82) is 0 Å². The van der Waals surface area contributed by atoms with Crippen molar-refractivity contribution in [1.82, 2.24) is 5.32 Å². The van der Waals surface area contributed by atoms with Gasteiger partial charge in [0.05, 0.1) is 5.92 Å². The fraction of sp³-hybridized carbons (Fsp3) is 0.588. The monoisotopic (exact) mass is 307 g/mol. The highest BCUT2D eigenvalue weighted by Gasteiger charge is 2.29. The van der Waals surface area contributed by atoms with Gasteiger partial charge >= 0.3 is 0 Å². The molecule has 1 aromatic carbocycles. The van der Waals surface area contributed by atoms with E-state index < -0.39 is 0 Å². The number of nitrogens with one attached hydrogen (secondary N) is 1. The molecule has 1 aliphatic heterocycles. The fourth-order valence-electron chi connectivity index (χ4n) is 3.46. The maximum Gasteiger partial charge on any atom is 0.226 e. The smallest absolute Gasteiger partial charge is 0.226 e. The molecule has 1 saturated carbocycles. The molecule has 3 rings (SSSR count). The van der Waals surface area contributed by atoms with Gasteiger partial charge in [-0.25, -0.2) is 0 Å². The summed E-state index contributed by atoms with van der Waals surface area (Å²) in [5.74, 6) is 2.78. The molecule has 0 bridgehead atoms. The molecule has 1 aliphatic carbocycles. The molecule has 0 spiro atoms. The van der Waals surface area contributed by atoms with E-state index in [1.807, 2.05) is 24.3 Å². The van der Waals surface area contributed by atoms with Crippen LogP contribution in [0.4, 0.5) is 0 Å².